The Kier molecular flexibility index (Phi) is 5.61. The van der Waals surface area contributed by atoms with Crippen molar-refractivity contribution in [3.8, 4) is 18.2 Å². The van der Waals surface area contributed by atoms with Crippen molar-refractivity contribution in [3.05, 3.63) is 47.0 Å². The van der Waals surface area contributed by atoms with Crippen LogP contribution in [0.25, 0.3) is 0 Å². The molecule has 1 aromatic carbocycles. The van der Waals surface area contributed by atoms with E-state index in [4.69, 9.17) is 5.41 Å². The summed E-state index contributed by atoms with van der Waals surface area (Å²) in [4.78, 5) is 2.30. The summed E-state index contributed by atoms with van der Waals surface area (Å²) in [6.45, 7) is 9.90. The highest BCUT2D eigenvalue weighted by atomic mass is 15.2. The number of fused-ring (bicyclic) bond motifs is 1. The lowest BCUT2D eigenvalue weighted by Gasteiger charge is -2.48. The van der Waals surface area contributed by atoms with Crippen LogP contribution in [0.4, 0.5) is 0 Å². The van der Waals surface area contributed by atoms with Crippen LogP contribution in [-0.4, -0.2) is 29.7 Å². The molecule has 0 aromatic heterocycles. The lowest BCUT2D eigenvalue weighted by molar-refractivity contribution is 0.171. The van der Waals surface area contributed by atoms with Gasteiger partial charge in [-0.3, -0.25) is 4.90 Å². The Labute approximate surface area is 173 Å². The zero-order valence-corrected chi connectivity index (χ0v) is 17.5. The standard InChI is InChI=1S/C24H27N5/c1-15(2)17-5-7-18(8-6-17)22-21-12-29(16(3)4)10-9-19(21)20(11-25)23(28)24(22,13-26)14-27/h5-9,15-16,20-22,28H,10,12H2,1-4H3/t20-,21-,22+/m0/s1. The quantitative estimate of drug-likeness (QED) is 0.781. The first kappa shape index (κ1) is 20.8. The van der Waals surface area contributed by atoms with E-state index in [-0.39, 0.29) is 11.6 Å². The number of benzene rings is 1. The highest BCUT2D eigenvalue weighted by molar-refractivity contribution is 6.00. The first-order valence-corrected chi connectivity index (χ1v) is 10.2. The SMILES string of the molecule is CC(C)c1ccc([C@@H]2[C@H]3CN(C(C)C)CC=C3[C@H](C#N)C(=N)C2(C#N)C#N)cc1. The predicted molar refractivity (Wildman–Crippen MR) is 112 cm³/mol. The van der Waals surface area contributed by atoms with Gasteiger partial charge < -0.3 is 5.41 Å². The van der Waals surface area contributed by atoms with Crippen LogP contribution in [0, 0.1) is 56.7 Å². The normalized spacial score (nSPS) is 26.2. The maximum absolute atomic E-state index is 10.1. The van der Waals surface area contributed by atoms with E-state index in [1.807, 2.05) is 30.3 Å². The zero-order chi connectivity index (χ0) is 21.3. The van der Waals surface area contributed by atoms with Crippen molar-refractivity contribution < 1.29 is 0 Å². The van der Waals surface area contributed by atoms with Crippen molar-refractivity contribution in [1.29, 1.82) is 21.2 Å². The van der Waals surface area contributed by atoms with Gasteiger partial charge in [-0.05, 0) is 36.5 Å². The first-order chi connectivity index (χ1) is 13.8. The molecular weight excluding hydrogens is 358 g/mol. The van der Waals surface area contributed by atoms with Crippen LogP contribution in [0.2, 0.25) is 0 Å². The maximum Gasteiger partial charge on any atom is 0.189 e. The smallest absolute Gasteiger partial charge is 0.189 e. The minimum Gasteiger partial charge on any atom is -0.305 e. The molecule has 5 nitrogen and oxygen atoms in total. The summed E-state index contributed by atoms with van der Waals surface area (Å²) in [7, 11) is 0. The van der Waals surface area contributed by atoms with E-state index >= 15 is 0 Å². The van der Waals surface area contributed by atoms with Gasteiger partial charge in [-0.2, -0.15) is 15.8 Å². The molecule has 1 aliphatic heterocycles. The van der Waals surface area contributed by atoms with Crippen molar-refractivity contribution in [3.63, 3.8) is 0 Å². The molecule has 148 valence electrons. The summed E-state index contributed by atoms with van der Waals surface area (Å²) >= 11 is 0. The van der Waals surface area contributed by atoms with Gasteiger partial charge in [-0.15, -0.1) is 0 Å². The van der Waals surface area contributed by atoms with Gasteiger partial charge in [0.25, 0.3) is 0 Å². The van der Waals surface area contributed by atoms with Gasteiger partial charge in [0.2, 0.25) is 0 Å². The van der Waals surface area contributed by atoms with Crippen LogP contribution >= 0.6 is 0 Å². The first-order valence-electron chi connectivity index (χ1n) is 10.2. The average molecular weight is 386 g/mol. The predicted octanol–water partition coefficient (Wildman–Crippen LogP) is 4.37. The highest BCUT2D eigenvalue weighted by Crippen LogP contribution is 2.53. The Balaban J connectivity index is 2.20. The van der Waals surface area contributed by atoms with Gasteiger partial charge in [-0.25, -0.2) is 0 Å². The molecule has 0 radical (unpaired) electrons. The molecule has 1 N–H and O–H groups in total. The third kappa shape index (κ3) is 3.25. The third-order valence-corrected chi connectivity index (χ3v) is 6.51. The molecule has 1 heterocycles. The summed E-state index contributed by atoms with van der Waals surface area (Å²) in [5.41, 5.74) is 1.26. The average Bonchev–Trinajstić information content (AvgIpc) is 2.72. The molecule has 0 amide bonds. The molecule has 0 bridgehead atoms. The maximum atomic E-state index is 10.1. The lowest BCUT2D eigenvalue weighted by atomic mass is 9.54. The molecule has 1 aliphatic carbocycles. The summed E-state index contributed by atoms with van der Waals surface area (Å²) in [6, 6.07) is 14.9. The Morgan fingerprint density at radius 2 is 1.69 bits per heavy atom. The number of nitrogens with one attached hydrogen (secondary N) is 1. The summed E-state index contributed by atoms with van der Waals surface area (Å²) < 4.78 is 0. The van der Waals surface area contributed by atoms with E-state index in [1.54, 1.807) is 0 Å². The van der Waals surface area contributed by atoms with Crippen LogP contribution in [0.5, 0.6) is 0 Å². The largest absolute Gasteiger partial charge is 0.305 e. The molecule has 0 spiro atoms. The Hall–Kier alpha value is -2.94. The van der Waals surface area contributed by atoms with Crippen LogP contribution in [-0.2, 0) is 0 Å². The van der Waals surface area contributed by atoms with E-state index in [2.05, 4.69) is 50.8 Å². The van der Waals surface area contributed by atoms with Crippen LogP contribution in [0.3, 0.4) is 0 Å². The topological polar surface area (TPSA) is 98.5 Å². The lowest BCUT2D eigenvalue weighted by Crippen LogP contribution is -2.53. The summed E-state index contributed by atoms with van der Waals surface area (Å²) in [5.74, 6) is -1.03. The van der Waals surface area contributed by atoms with Crippen LogP contribution in [0.1, 0.15) is 50.7 Å². The molecule has 1 saturated carbocycles. The number of hydrogen-bond acceptors (Lipinski definition) is 5. The number of nitriles is 3. The van der Waals surface area contributed by atoms with E-state index in [0.29, 0.717) is 18.5 Å². The van der Waals surface area contributed by atoms with Gasteiger partial charge in [0.1, 0.15) is 5.92 Å². The fraction of sp³-hybridized carbons (Fsp3) is 0.500. The second kappa shape index (κ2) is 7.82. The van der Waals surface area contributed by atoms with E-state index in [9.17, 15) is 15.8 Å². The molecular formula is C24H27N5. The fourth-order valence-corrected chi connectivity index (χ4v) is 4.72. The van der Waals surface area contributed by atoms with Crippen molar-refractivity contribution >= 4 is 5.71 Å². The van der Waals surface area contributed by atoms with Gasteiger partial charge in [0.15, 0.2) is 5.41 Å². The Morgan fingerprint density at radius 3 is 2.17 bits per heavy atom. The van der Waals surface area contributed by atoms with Crippen LogP contribution in [0.15, 0.2) is 35.9 Å². The van der Waals surface area contributed by atoms with Gasteiger partial charge in [0.05, 0.1) is 23.9 Å². The van der Waals surface area contributed by atoms with Crippen molar-refractivity contribution in [2.45, 2.75) is 45.6 Å². The third-order valence-electron chi connectivity index (χ3n) is 6.51. The number of nitrogens with zero attached hydrogens (tertiary/aromatic N) is 4. The van der Waals surface area contributed by atoms with Crippen molar-refractivity contribution in [1.82, 2.24) is 4.90 Å². The molecule has 29 heavy (non-hydrogen) atoms. The second-order valence-corrected chi connectivity index (χ2v) is 8.66. The van der Waals surface area contributed by atoms with Crippen molar-refractivity contribution in [2.24, 2.45) is 17.3 Å². The molecule has 1 aromatic rings. The monoisotopic (exact) mass is 385 g/mol. The van der Waals surface area contributed by atoms with Crippen molar-refractivity contribution in [2.75, 3.05) is 13.1 Å². The minimum atomic E-state index is -1.64. The molecule has 3 rings (SSSR count). The summed E-state index contributed by atoms with van der Waals surface area (Å²) in [6.07, 6.45) is 2.05. The molecule has 0 saturated heterocycles. The number of rotatable bonds is 3. The molecule has 5 heteroatoms. The molecule has 3 atom stereocenters. The van der Waals surface area contributed by atoms with E-state index < -0.39 is 17.3 Å². The van der Waals surface area contributed by atoms with Gasteiger partial charge >= 0.3 is 0 Å². The zero-order valence-electron chi connectivity index (χ0n) is 17.5. The second-order valence-electron chi connectivity index (χ2n) is 8.66. The van der Waals surface area contributed by atoms with E-state index in [0.717, 1.165) is 17.7 Å². The molecule has 1 fully saturated rings. The highest BCUT2D eigenvalue weighted by Gasteiger charge is 2.57. The summed E-state index contributed by atoms with van der Waals surface area (Å²) in [5, 5.41) is 38.7. The van der Waals surface area contributed by atoms with E-state index in [1.165, 1.54) is 5.56 Å². The Morgan fingerprint density at radius 1 is 1.07 bits per heavy atom. The number of hydrogen-bond donors (Lipinski definition) is 1. The van der Waals surface area contributed by atoms with Crippen LogP contribution < -0.4 is 0 Å². The van der Waals surface area contributed by atoms with Gasteiger partial charge in [0, 0.05) is 31.0 Å². The molecule has 0 unspecified atom stereocenters. The molecule has 2 aliphatic rings. The Bertz CT molecular complexity index is 935. The van der Waals surface area contributed by atoms with Gasteiger partial charge in [-0.1, -0.05) is 44.2 Å². The fourth-order valence-electron chi connectivity index (χ4n) is 4.72. The minimum absolute atomic E-state index is 0.0802.